The van der Waals surface area contributed by atoms with Crippen molar-refractivity contribution in [3.05, 3.63) is 145 Å². The van der Waals surface area contributed by atoms with Gasteiger partial charge in [0.05, 0.1) is 27.9 Å². The molecule has 3 aliphatic rings. The molecule has 8 aromatic rings. The van der Waals surface area contributed by atoms with Gasteiger partial charge < -0.3 is 18.6 Å². The number of para-hydroxylation sites is 5. The van der Waals surface area contributed by atoms with Gasteiger partial charge in [-0.25, -0.2) is 0 Å². The summed E-state index contributed by atoms with van der Waals surface area (Å²) in [5.74, 6) is 3.49. The maximum Gasteiger partial charge on any atom is 0.260 e. The summed E-state index contributed by atoms with van der Waals surface area (Å²) in [7, 11) is 0. The molecule has 6 aromatic carbocycles. The van der Waals surface area contributed by atoms with Gasteiger partial charge in [-0.1, -0.05) is 103 Å². The minimum Gasteiger partial charge on any atom is -0.456 e. The zero-order chi connectivity index (χ0) is 30.6. The Bertz CT molecular complexity index is 2600. The molecule has 0 saturated carbocycles. The predicted octanol–water partition coefficient (Wildman–Crippen LogP) is 8.41. The van der Waals surface area contributed by atoms with Gasteiger partial charge in [0.25, 0.3) is 6.71 Å². The van der Waals surface area contributed by atoms with Crippen LogP contribution in [-0.2, 0) is 6.42 Å². The van der Waals surface area contributed by atoms with Crippen LogP contribution in [0.15, 0.2) is 133 Å². The first-order chi connectivity index (χ1) is 23.3. The summed E-state index contributed by atoms with van der Waals surface area (Å²) in [6.45, 7) is -0.0424. The van der Waals surface area contributed by atoms with Crippen molar-refractivity contribution >= 4 is 61.9 Å². The summed E-state index contributed by atoms with van der Waals surface area (Å²) < 4.78 is 19.0. The highest BCUT2D eigenvalue weighted by Gasteiger charge is 2.43. The van der Waals surface area contributed by atoms with Gasteiger partial charge in [-0.2, -0.15) is 0 Å². The van der Waals surface area contributed by atoms with Crippen LogP contribution in [0, 0.1) is 0 Å². The largest absolute Gasteiger partial charge is 0.456 e. The summed E-state index contributed by atoms with van der Waals surface area (Å²) in [6.07, 6.45) is 6.56. The van der Waals surface area contributed by atoms with Crippen LogP contribution in [0.3, 0.4) is 0 Å². The monoisotopic (exact) mass is 602 g/mol. The zero-order valence-corrected chi connectivity index (χ0v) is 25.5. The quantitative estimate of drug-likeness (QED) is 0.186. The molecule has 2 aliphatic heterocycles. The fourth-order valence-corrected chi connectivity index (χ4v) is 8.40. The van der Waals surface area contributed by atoms with Crippen molar-refractivity contribution < 1.29 is 9.47 Å². The fourth-order valence-electron chi connectivity index (χ4n) is 8.40. The lowest BCUT2D eigenvalue weighted by Gasteiger charge is -2.35. The number of fused-ring (bicyclic) bond motifs is 10. The molecule has 0 radical (unpaired) electrons. The molecule has 0 spiro atoms. The first-order valence-corrected chi connectivity index (χ1v) is 16.4. The van der Waals surface area contributed by atoms with Crippen molar-refractivity contribution in [2.24, 2.45) is 0 Å². The van der Waals surface area contributed by atoms with Crippen LogP contribution in [0.5, 0.6) is 23.0 Å². The molecule has 0 bridgehead atoms. The van der Waals surface area contributed by atoms with E-state index in [0.29, 0.717) is 0 Å². The van der Waals surface area contributed by atoms with E-state index in [1.165, 1.54) is 32.9 Å². The third-order valence-electron chi connectivity index (χ3n) is 10.3. The van der Waals surface area contributed by atoms with Gasteiger partial charge >= 0.3 is 0 Å². The van der Waals surface area contributed by atoms with E-state index in [2.05, 4.69) is 149 Å². The van der Waals surface area contributed by atoms with Gasteiger partial charge in [0.1, 0.15) is 11.5 Å². The molecule has 220 valence electrons. The summed E-state index contributed by atoms with van der Waals surface area (Å²) in [5, 5.41) is 3.70. The van der Waals surface area contributed by atoms with Crippen LogP contribution in [0.25, 0.3) is 50.2 Å². The summed E-state index contributed by atoms with van der Waals surface area (Å²) in [5.41, 5.74) is 11.5. The van der Waals surface area contributed by atoms with Crippen molar-refractivity contribution in [2.45, 2.75) is 12.8 Å². The van der Waals surface area contributed by atoms with E-state index in [1.54, 1.807) is 0 Å². The molecular formula is C42H27BN2O2. The highest BCUT2D eigenvalue weighted by molar-refractivity contribution is 6.98. The van der Waals surface area contributed by atoms with Gasteiger partial charge in [0, 0.05) is 32.9 Å². The van der Waals surface area contributed by atoms with Crippen molar-refractivity contribution in [1.82, 2.24) is 9.13 Å². The Morgan fingerprint density at radius 2 is 1.04 bits per heavy atom. The lowest BCUT2D eigenvalue weighted by atomic mass is 9.34. The second-order valence-electron chi connectivity index (χ2n) is 12.7. The van der Waals surface area contributed by atoms with Crippen LogP contribution in [-0.4, -0.2) is 15.8 Å². The standard InChI is InChI=1S/C42H27BN2O2/c1-7-19-32-26(13-1)27-14-2-8-20-33(27)44(32)36-25-37(45-34-21-9-3-15-28(34)29-16-4-10-22-35(29)45)42-40-41(36)46-38-23-11-5-17-30(38)43(40)31-18-6-12-24-39(31)47-42/h1-9,11-21,23-25H,10,22H2. The van der Waals surface area contributed by atoms with E-state index in [9.17, 15) is 0 Å². The molecule has 11 rings (SSSR count). The number of ether oxygens (including phenoxy) is 2. The molecule has 0 fully saturated rings. The van der Waals surface area contributed by atoms with E-state index >= 15 is 0 Å². The van der Waals surface area contributed by atoms with Crippen molar-refractivity contribution in [3.8, 4) is 34.4 Å². The smallest absolute Gasteiger partial charge is 0.260 e. The Hall–Kier alpha value is -5.94. The normalized spacial score (nSPS) is 14.0. The highest BCUT2D eigenvalue weighted by Crippen LogP contribution is 2.46. The first-order valence-electron chi connectivity index (χ1n) is 16.4. The van der Waals surface area contributed by atoms with Crippen molar-refractivity contribution in [1.29, 1.82) is 0 Å². The van der Waals surface area contributed by atoms with Gasteiger partial charge in [-0.15, -0.1) is 0 Å². The van der Waals surface area contributed by atoms with E-state index in [-0.39, 0.29) is 6.71 Å². The Balaban J connectivity index is 1.34. The predicted molar refractivity (Wildman–Crippen MR) is 193 cm³/mol. The van der Waals surface area contributed by atoms with Crippen LogP contribution in [0.2, 0.25) is 0 Å². The lowest BCUT2D eigenvalue weighted by Crippen LogP contribution is -2.57. The van der Waals surface area contributed by atoms with Crippen LogP contribution in [0.4, 0.5) is 0 Å². The van der Waals surface area contributed by atoms with Gasteiger partial charge in [-0.3, -0.25) is 0 Å². The molecule has 0 unspecified atom stereocenters. The molecule has 0 amide bonds. The molecule has 1 aliphatic carbocycles. The van der Waals surface area contributed by atoms with Gasteiger partial charge in [0.2, 0.25) is 0 Å². The van der Waals surface area contributed by atoms with E-state index in [1.807, 2.05) is 0 Å². The van der Waals surface area contributed by atoms with Crippen LogP contribution < -0.4 is 25.9 Å². The molecule has 0 N–H and O–H groups in total. The molecule has 4 heterocycles. The number of allylic oxidation sites excluding steroid dienone is 1. The third-order valence-corrected chi connectivity index (χ3v) is 10.3. The number of rotatable bonds is 2. The maximum atomic E-state index is 7.05. The van der Waals surface area contributed by atoms with Gasteiger partial charge in [-0.05, 0) is 60.2 Å². The molecular weight excluding hydrogens is 575 g/mol. The van der Waals surface area contributed by atoms with Crippen LogP contribution in [0.1, 0.15) is 17.7 Å². The summed E-state index contributed by atoms with van der Waals surface area (Å²) in [6, 6.07) is 45.5. The Labute approximate surface area is 271 Å². The minimum atomic E-state index is -0.0424. The Morgan fingerprint density at radius 1 is 0.532 bits per heavy atom. The molecule has 4 nitrogen and oxygen atoms in total. The second-order valence-corrected chi connectivity index (χ2v) is 12.7. The summed E-state index contributed by atoms with van der Waals surface area (Å²) in [4.78, 5) is 0. The molecule has 0 saturated heterocycles. The lowest BCUT2D eigenvalue weighted by molar-refractivity contribution is 0.461. The van der Waals surface area contributed by atoms with Crippen LogP contribution >= 0.6 is 0 Å². The third kappa shape index (κ3) is 3.33. The van der Waals surface area contributed by atoms with E-state index in [4.69, 9.17) is 9.47 Å². The first kappa shape index (κ1) is 25.3. The van der Waals surface area contributed by atoms with E-state index in [0.717, 1.165) is 74.6 Å². The maximum absolute atomic E-state index is 7.05. The van der Waals surface area contributed by atoms with Crippen molar-refractivity contribution in [3.63, 3.8) is 0 Å². The number of hydrogen-bond donors (Lipinski definition) is 0. The average molecular weight is 603 g/mol. The summed E-state index contributed by atoms with van der Waals surface area (Å²) >= 11 is 0. The minimum absolute atomic E-state index is 0.0424. The topological polar surface area (TPSA) is 28.3 Å². The SMILES string of the molecule is C1=Cc2c(n(-c3cc(-n4c5ccccc5c5ccccc54)c4c5c3Oc3ccccc3B5c3ccccc3O4)c3ccccc23)CC1. The Kier molecular flexibility index (Phi) is 5.00. The van der Waals surface area contributed by atoms with E-state index < -0.39 is 0 Å². The second kappa shape index (κ2) is 9.30. The fraction of sp³-hybridized carbons (Fsp3) is 0.0476. The number of benzene rings is 6. The number of nitrogens with zero attached hydrogens (tertiary/aromatic N) is 2. The van der Waals surface area contributed by atoms with Crippen molar-refractivity contribution in [2.75, 3.05) is 0 Å². The zero-order valence-electron chi connectivity index (χ0n) is 25.5. The molecule has 5 heteroatoms. The number of hydrogen-bond acceptors (Lipinski definition) is 2. The molecule has 2 aromatic heterocycles. The number of aromatic nitrogens is 2. The average Bonchev–Trinajstić information content (AvgIpc) is 3.65. The molecule has 0 atom stereocenters. The Morgan fingerprint density at radius 3 is 1.68 bits per heavy atom. The highest BCUT2D eigenvalue weighted by atomic mass is 16.5. The molecule has 47 heavy (non-hydrogen) atoms. The van der Waals surface area contributed by atoms with Gasteiger partial charge in [0.15, 0.2) is 11.5 Å².